The number of hydrogen-bond acceptors (Lipinski definition) is 2. The highest BCUT2D eigenvalue weighted by molar-refractivity contribution is 7.99. The van der Waals surface area contributed by atoms with Crippen LogP contribution in [0.5, 0.6) is 0 Å². The largest absolute Gasteiger partial charge is 0.326 e. The number of fused-ring (bicyclic) bond motifs is 1. The molecule has 2 aromatic rings. The molecule has 104 valence electrons. The molecular weight excluding hydrogens is 306 g/mol. The second-order valence-electron chi connectivity index (χ2n) is 4.97. The number of halogens is 3. The monoisotopic (exact) mass is 320 g/mol. The second kappa shape index (κ2) is 5.51. The minimum atomic E-state index is -0.455. The summed E-state index contributed by atoms with van der Waals surface area (Å²) in [5.41, 5.74) is 1.42. The Morgan fingerprint density at radius 2 is 2.11 bits per heavy atom. The molecule has 1 aromatic carbocycles. The van der Waals surface area contributed by atoms with Crippen molar-refractivity contribution >= 4 is 46.0 Å². The van der Waals surface area contributed by atoms with E-state index in [9.17, 15) is 4.39 Å². The summed E-state index contributed by atoms with van der Waals surface area (Å²) in [5.74, 6) is 0.572. The zero-order chi connectivity index (χ0) is 14.2. The van der Waals surface area contributed by atoms with Crippen LogP contribution in [0.25, 0.3) is 11.0 Å². The number of rotatable bonds is 4. The Labute approximate surface area is 126 Å². The van der Waals surface area contributed by atoms with E-state index in [-0.39, 0.29) is 9.77 Å². The third-order valence-electron chi connectivity index (χ3n) is 3.08. The van der Waals surface area contributed by atoms with Gasteiger partial charge in [0.05, 0.1) is 21.9 Å². The maximum atomic E-state index is 13.5. The van der Waals surface area contributed by atoms with Crippen LogP contribution in [0.3, 0.4) is 0 Å². The van der Waals surface area contributed by atoms with Crippen LogP contribution < -0.4 is 0 Å². The fraction of sp³-hybridized carbons (Fsp3) is 0.462. The maximum Gasteiger partial charge on any atom is 0.144 e. The summed E-state index contributed by atoms with van der Waals surface area (Å²) in [5, 5.41) is 0.108. The molecule has 1 heterocycles. The van der Waals surface area contributed by atoms with Gasteiger partial charge in [0.15, 0.2) is 0 Å². The number of imidazole rings is 1. The Kier molecular flexibility index (Phi) is 4.33. The van der Waals surface area contributed by atoms with Crippen LogP contribution in [0, 0.1) is 5.82 Å². The van der Waals surface area contributed by atoms with Crippen molar-refractivity contribution < 1.29 is 4.39 Å². The molecule has 2 nitrogen and oxygen atoms in total. The highest BCUT2D eigenvalue weighted by Gasteiger charge is 2.21. The van der Waals surface area contributed by atoms with E-state index in [1.165, 1.54) is 6.07 Å². The maximum absolute atomic E-state index is 13.5. The van der Waals surface area contributed by atoms with Gasteiger partial charge in [-0.25, -0.2) is 9.37 Å². The van der Waals surface area contributed by atoms with E-state index in [2.05, 4.69) is 25.1 Å². The van der Waals surface area contributed by atoms with Gasteiger partial charge in [0.25, 0.3) is 0 Å². The third kappa shape index (κ3) is 3.01. The van der Waals surface area contributed by atoms with E-state index in [4.69, 9.17) is 23.2 Å². The average Bonchev–Trinajstić information content (AvgIpc) is 2.67. The topological polar surface area (TPSA) is 17.8 Å². The van der Waals surface area contributed by atoms with Crippen LogP contribution in [0.2, 0.25) is 5.02 Å². The summed E-state index contributed by atoms with van der Waals surface area (Å²) in [6, 6.07) is 2.97. The molecule has 0 atom stereocenters. The lowest BCUT2D eigenvalue weighted by atomic mass is 10.2. The Morgan fingerprint density at radius 3 is 2.68 bits per heavy atom. The number of nitrogens with zero attached hydrogens (tertiary/aromatic N) is 2. The summed E-state index contributed by atoms with van der Waals surface area (Å²) in [7, 11) is 0. The van der Waals surface area contributed by atoms with Crippen molar-refractivity contribution in [3.05, 3.63) is 28.8 Å². The summed E-state index contributed by atoms with van der Waals surface area (Å²) in [4.78, 5) is 4.37. The molecule has 0 aliphatic rings. The molecular formula is C13H15Cl2FN2S. The Hall–Kier alpha value is -0.450. The van der Waals surface area contributed by atoms with E-state index in [1.54, 1.807) is 17.8 Å². The van der Waals surface area contributed by atoms with Gasteiger partial charge in [-0.1, -0.05) is 11.6 Å². The molecule has 2 rings (SSSR count). The minimum Gasteiger partial charge on any atom is -0.326 e. The predicted molar refractivity (Wildman–Crippen MR) is 81.9 cm³/mol. The summed E-state index contributed by atoms with van der Waals surface area (Å²) < 4.78 is 15.5. The second-order valence-corrected chi connectivity index (χ2v) is 7.15. The van der Waals surface area contributed by atoms with Crippen LogP contribution in [0.4, 0.5) is 4.39 Å². The van der Waals surface area contributed by atoms with Gasteiger partial charge < -0.3 is 4.57 Å². The first kappa shape index (κ1) is 14.9. The van der Waals surface area contributed by atoms with Crippen LogP contribution >= 0.6 is 35.0 Å². The number of hydrogen-bond donors (Lipinski definition) is 0. The summed E-state index contributed by atoms with van der Waals surface area (Å²) >= 11 is 13.6. The molecule has 0 N–H and O–H groups in total. The molecule has 0 aliphatic carbocycles. The standard InChI is InChI=1S/C13H15Cl2FN2S/c1-13(2,19-3)7-18-11-4-8(15)9(16)5-10(11)17-12(18)6-14/h4-5H,6-7H2,1-3H3. The molecule has 0 aliphatic heterocycles. The van der Waals surface area contributed by atoms with Gasteiger partial charge in [0.1, 0.15) is 11.6 Å². The van der Waals surface area contributed by atoms with Gasteiger partial charge in [0, 0.05) is 17.4 Å². The van der Waals surface area contributed by atoms with Crippen LogP contribution in [-0.4, -0.2) is 20.6 Å². The van der Waals surface area contributed by atoms with E-state index >= 15 is 0 Å². The molecule has 6 heteroatoms. The minimum absolute atomic E-state index is 0.0370. The molecule has 19 heavy (non-hydrogen) atoms. The van der Waals surface area contributed by atoms with E-state index in [1.807, 2.05) is 4.57 Å². The van der Waals surface area contributed by atoms with Gasteiger partial charge in [-0.15, -0.1) is 11.6 Å². The van der Waals surface area contributed by atoms with Crippen LogP contribution in [-0.2, 0) is 12.4 Å². The lowest BCUT2D eigenvalue weighted by Gasteiger charge is -2.24. The normalized spacial score (nSPS) is 12.3. The first-order valence-electron chi connectivity index (χ1n) is 5.83. The van der Waals surface area contributed by atoms with Crippen molar-refractivity contribution in [3.8, 4) is 0 Å². The van der Waals surface area contributed by atoms with Gasteiger partial charge in [-0.05, 0) is 26.2 Å². The smallest absolute Gasteiger partial charge is 0.144 e. The van der Waals surface area contributed by atoms with Gasteiger partial charge >= 0.3 is 0 Å². The predicted octanol–water partition coefficient (Wildman–Crippen LogP) is 4.71. The molecule has 1 aromatic heterocycles. The van der Waals surface area contributed by atoms with Crippen molar-refractivity contribution in [3.63, 3.8) is 0 Å². The van der Waals surface area contributed by atoms with Crippen LogP contribution in [0.1, 0.15) is 19.7 Å². The number of alkyl halides is 1. The van der Waals surface area contributed by atoms with E-state index in [0.29, 0.717) is 11.4 Å². The number of thioether (sulfide) groups is 1. The lowest BCUT2D eigenvalue weighted by Crippen LogP contribution is -2.23. The van der Waals surface area contributed by atoms with Gasteiger partial charge in [0.2, 0.25) is 0 Å². The van der Waals surface area contributed by atoms with E-state index in [0.717, 1.165) is 17.9 Å². The third-order valence-corrected chi connectivity index (χ3v) is 4.84. The molecule has 0 bridgehead atoms. The summed E-state index contributed by atoms with van der Waals surface area (Å²) in [6.45, 7) is 5.04. The van der Waals surface area contributed by atoms with Gasteiger partial charge in [-0.2, -0.15) is 11.8 Å². The molecule has 0 fully saturated rings. The molecule has 0 radical (unpaired) electrons. The first-order valence-corrected chi connectivity index (χ1v) is 7.97. The van der Waals surface area contributed by atoms with Crippen LogP contribution in [0.15, 0.2) is 12.1 Å². The molecule has 0 spiro atoms. The van der Waals surface area contributed by atoms with Crippen molar-refractivity contribution in [2.45, 2.75) is 31.0 Å². The highest BCUT2D eigenvalue weighted by atomic mass is 35.5. The fourth-order valence-corrected chi connectivity index (χ4v) is 2.51. The molecule has 0 saturated heterocycles. The quantitative estimate of drug-likeness (QED) is 0.759. The molecule has 0 amide bonds. The SMILES string of the molecule is CSC(C)(C)Cn1c(CCl)nc2cc(F)c(Cl)cc21. The average molecular weight is 321 g/mol. The highest BCUT2D eigenvalue weighted by Crippen LogP contribution is 2.29. The Morgan fingerprint density at radius 1 is 1.42 bits per heavy atom. The molecule has 0 saturated carbocycles. The van der Waals surface area contributed by atoms with Crippen molar-refractivity contribution in [1.29, 1.82) is 0 Å². The number of benzene rings is 1. The van der Waals surface area contributed by atoms with Crippen molar-refractivity contribution in [2.75, 3.05) is 6.26 Å². The summed E-state index contributed by atoms with van der Waals surface area (Å²) in [6.07, 6.45) is 2.06. The number of aromatic nitrogens is 2. The van der Waals surface area contributed by atoms with Crippen molar-refractivity contribution in [1.82, 2.24) is 9.55 Å². The zero-order valence-corrected chi connectivity index (χ0v) is 13.3. The van der Waals surface area contributed by atoms with Gasteiger partial charge in [-0.3, -0.25) is 0 Å². The molecule has 0 unspecified atom stereocenters. The first-order chi connectivity index (χ1) is 8.88. The Bertz CT molecular complexity index is 610. The van der Waals surface area contributed by atoms with E-state index < -0.39 is 5.82 Å². The fourth-order valence-electron chi connectivity index (χ4n) is 1.89. The Balaban J connectivity index is 2.60. The lowest BCUT2D eigenvalue weighted by molar-refractivity contribution is 0.566. The zero-order valence-electron chi connectivity index (χ0n) is 11.0. The van der Waals surface area contributed by atoms with Crippen molar-refractivity contribution in [2.24, 2.45) is 0 Å².